The molecular formula is C19H16Cl2N2O4. The van der Waals surface area contributed by atoms with Crippen LogP contribution in [-0.2, 0) is 7.05 Å². The molecule has 0 aliphatic heterocycles. The van der Waals surface area contributed by atoms with Crippen LogP contribution in [-0.4, -0.2) is 34.9 Å². The number of phenols is 1. The van der Waals surface area contributed by atoms with E-state index in [9.17, 15) is 9.90 Å². The number of methoxy groups -OCH3 is 2. The molecule has 0 aliphatic rings. The normalized spacial score (nSPS) is 10.7. The quantitative estimate of drug-likeness (QED) is 0.637. The summed E-state index contributed by atoms with van der Waals surface area (Å²) in [7, 11) is 4.57. The van der Waals surface area contributed by atoms with Gasteiger partial charge in [0.1, 0.15) is 22.8 Å². The van der Waals surface area contributed by atoms with Gasteiger partial charge in [-0.05, 0) is 18.2 Å². The van der Waals surface area contributed by atoms with E-state index in [-0.39, 0.29) is 32.7 Å². The Balaban J connectivity index is 2.31. The number of benzene rings is 2. The zero-order chi connectivity index (χ0) is 19.7. The molecule has 2 aromatic carbocycles. The van der Waals surface area contributed by atoms with Gasteiger partial charge < -0.3 is 14.6 Å². The second-order valence-corrected chi connectivity index (χ2v) is 6.44. The van der Waals surface area contributed by atoms with E-state index >= 15 is 0 Å². The summed E-state index contributed by atoms with van der Waals surface area (Å²) in [6.07, 6.45) is 1.58. The highest BCUT2D eigenvalue weighted by molar-refractivity contribution is 6.44. The molecule has 3 aromatic rings. The lowest BCUT2D eigenvalue weighted by molar-refractivity contribution is 0.103. The van der Waals surface area contributed by atoms with E-state index in [4.69, 9.17) is 32.7 Å². The molecule has 0 saturated heterocycles. The number of nitrogens with zero attached hydrogens (tertiary/aromatic N) is 2. The molecule has 0 amide bonds. The zero-order valence-electron chi connectivity index (χ0n) is 14.8. The van der Waals surface area contributed by atoms with Crippen LogP contribution < -0.4 is 9.47 Å². The monoisotopic (exact) mass is 406 g/mol. The largest absolute Gasteiger partial charge is 0.506 e. The van der Waals surface area contributed by atoms with Crippen molar-refractivity contribution in [3.05, 3.63) is 57.7 Å². The Kier molecular flexibility index (Phi) is 5.30. The molecule has 0 radical (unpaired) electrons. The molecule has 6 nitrogen and oxygen atoms in total. The average Bonchev–Trinajstić information content (AvgIpc) is 3.08. The Morgan fingerprint density at radius 1 is 1.15 bits per heavy atom. The highest BCUT2D eigenvalue weighted by Crippen LogP contribution is 2.46. The molecule has 8 heteroatoms. The van der Waals surface area contributed by atoms with Crippen LogP contribution in [0.25, 0.3) is 11.3 Å². The van der Waals surface area contributed by atoms with E-state index in [1.54, 1.807) is 36.1 Å². The number of phenolic OH excluding ortho intramolecular Hbond substituents is 1. The Hall–Kier alpha value is -2.70. The van der Waals surface area contributed by atoms with Crippen molar-refractivity contribution < 1.29 is 19.4 Å². The summed E-state index contributed by atoms with van der Waals surface area (Å²) >= 11 is 12.2. The van der Waals surface area contributed by atoms with Gasteiger partial charge in [0.25, 0.3) is 0 Å². The minimum Gasteiger partial charge on any atom is -0.506 e. The van der Waals surface area contributed by atoms with Crippen LogP contribution in [0.3, 0.4) is 0 Å². The molecule has 0 unspecified atom stereocenters. The predicted molar refractivity (Wildman–Crippen MR) is 103 cm³/mol. The summed E-state index contributed by atoms with van der Waals surface area (Å²) in [5, 5.41) is 15.4. The maximum atomic E-state index is 13.2. The van der Waals surface area contributed by atoms with Gasteiger partial charge in [-0.15, -0.1) is 0 Å². The van der Waals surface area contributed by atoms with Crippen molar-refractivity contribution in [2.24, 2.45) is 7.05 Å². The van der Waals surface area contributed by atoms with Gasteiger partial charge in [-0.25, -0.2) is 0 Å². The molecule has 3 rings (SSSR count). The van der Waals surface area contributed by atoms with Crippen LogP contribution in [0.4, 0.5) is 0 Å². The highest BCUT2D eigenvalue weighted by Gasteiger charge is 2.28. The highest BCUT2D eigenvalue weighted by atomic mass is 35.5. The molecule has 0 aliphatic carbocycles. The van der Waals surface area contributed by atoms with Gasteiger partial charge in [-0.2, -0.15) is 5.10 Å². The summed E-state index contributed by atoms with van der Waals surface area (Å²) in [5.41, 5.74) is 0.996. The van der Waals surface area contributed by atoms with Crippen LogP contribution in [0.1, 0.15) is 15.9 Å². The van der Waals surface area contributed by atoms with E-state index < -0.39 is 5.78 Å². The summed E-state index contributed by atoms with van der Waals surface area (Å²) in [6.45, 7) is 0. The Labute approximate surface area is 165 Å². The standard InChI is InChI=1S/C19H16Cl2N2O4/c1-23-12(7-8-22-23)15-13(26-2)9-14(27-3)16(19(15)25)18(24)10-5-4-6-11(20)17(10)21/h4-9,25H,1-3H3. The van der Waals surface area contributed by atoms with Gasteiger partial charge in [0.2, 0.25) is 5.78 Å². The maximum Gasteiger partial charge on any atom is 0.202 e. The Morgan fingerprint density at radius 3 is 2.44 bits per heavy atom. The number of ether oxygens (including phenoxy) is 2. The first kappa shape index (κ1) is 19.1. The minimum atomic E-state index is -0.525. The van der Waals surface area contributed by atoms with Gasteiger partial charge in [0, 0.05) is 24.9 Å². The Bertz CT molecular complexity index is 1030. The van der Waals surface area contributed by atoms with Crippen LogP contribution >= 0.6 is 23.2 Å². The molecule has 27 heavy (non-hydrogen) atoms. The number of hydrogen-bond acceptors (Lipinski definition) is 5. The van der Waals surface area contributed by atoms with Crippen LogP contribution in [0.15, 0.2) is 36.5 Å². The third kappa shape index (κ3) is 3.22. The van der Waals surface area contributed by atoms with Crippen molar-refractivity contribution in [3.63, 3.8) is 0 Å². The summed E-state index contributed by atoms with van der Waals surface area (Å²) < 4.78 is 12.3. The number of halogens is 2. The fourth-order valence-electron chi connectivity index (χ4n) is 2.84. The zero-order valence-corrected chi connectivity index (χ0v) is 16.3. The third-order valence-corrected chi connectivity index (χ3v) is 4.99. The fourth-order valence-corrected chi connectivity index (χ4v) is 3.23. The molecule has 0 spiro atoms. The lowest BCUT2D eigenvalue weighted by Gasteiger charge is -2.17. The number of rotatable bonds is 5. The lowest BCUT2D eigenvalue weighted by Crippen LogP contribution is -2.08. The van der Waals surface area contributed by atoms with Crippen molar-refractivity contribution in [2.45, 2.75) is 0 Å². The number of ketones is 1. The van der Waals surface area contributed by atoms with Gasteiger partial charge in [0.15, 0.2) is 0 Å². The first-order chi connectivity index (χ1) is 12.9. The number of aryl methyl sites for hydroxylation is 1. The van der Waals surface area contributed by atoms with Crippen molar-refractivity contribution >= 4 is 29.0 Å². The van der Waals surface area contributed by atoms with Crippen LogP contribution in [0, 0.1) is 0 Å². The van der Waals surface area contributed by atoms with E-state index in [1.807, 2.05) is 0 Å². The summed E-state index contributed by atoms with van der Waals surface area (Å²) in [5.74, 6) is -0.336. The number of carbonyl (C=O) groups excluding carboxylic acids is 1. The molecule has 1 N–H and O–H groups in total. The number of hydrogen-bond donors (Lipinski definition) is 1. The van der Waals surface area contributed by atoms with Crippen molar-refractivity contribution in [1.82, 2.24) is 9.78 Å². The smallest absolute Gasteiger partial charge is 0.202 e. The fraction of sp³-hybridized carbons (Fsp3) is 0.158. The second-order valence-electron chi connectivity index (χ2n) is 5.65. The maximum absolute atomic E-state index is 13.2. The number of aromatic nitrogens is 2. The first-order valence-corrected chi connectivity index (χ1v) is 8.61. The number of carbonyl (C=O) groups is 1. The first-order valence-electron chi connectivity index (χ1n) is 7.85. The van der Waals surface area contributed by atoms with Crippen molar-refractivity contribution in [1.29, 1.82) is 0 Å². The molecule has 0 fully saturated rings. The summed E-state index contributed by atoms with van der Waals surface area (Å²) in [6, 6.07) is 7.95. The molecule has 0 bridgehead atoms. The average molecular weight is 407 g/mol. The van der Waals surface area contributed by atoms with Gasteiger partial charge in [0.05, 0.1) is 35.5 Å². The van der Waals surface area contributed by atoms with Crippen LogP contribution in [0.5, 0.6) is 17.2 Å². The third-order valence-electron chi connectivity index (χ3n) is 4.17. The van der Waals surface area contributed by atoms with Gasteiger partial charge >= 0.3 is 0 Å². The van der Waals surface area contributed by atoms with Gasteiger partial charge in [-0.1, -0.05) is 29.3 Å². The van der Waals surface area contributed by atoms with Crippen molar-refractivity contribution in [2.75, 3.05) is 14.2 Å². The Morgan fingerprint density at radius 2 is 1.85 bits per heavy atom. The molecule has 0 atom stereocenters. The van der Waals surface area contributed by atoms with Gasteiger partial charge in [-0.3, -0.25) is 9.48 Å². The van der Waals surface area contributed by atoms with E-state index in [0.717, 1.165) is 0 Å². The SMILES string of the molecule is COc1cc(OC)c(-c2ccnn2C)c(O)c1C(=O)c1cccc(Cl)c1Cl. The lowest BCUT2D eigenvalue weighted by atomic mass is 9.96. The predicted octanol–water partition coefficient (Wildman–Crippen LogP) is 4.35. The second kappa shape index (κ2) is 7.50. The van der Waals surface area contributed by atoms with Crippen LogP contribution in [0.2, 0.25) is 10.0 Å². The molecule has 1 heterocycles. The summed E-state index contributed by atoms with van der Waals surface area (Å²) in [4.78, 5) is 13.2. The van der Waals surface area contributed by atoms with E-state index in [0.29, 0.717) is 17.0 Å². The molecule has 0 saturated carbocycles. The van der Waals surface area contributed by atoms with Crippen molar-refractivity contribution in [3.8, 4) is 28.5 Å². The number of aromatic hydroxyl groups is 1. The molecule has 140 valence electrons. The topological polar surface area (TPSA) is 73.6 Å². The molecule has 1 aromatic heterocycles. The molecular weight excluding hydrogens is 391 g/mol. The minimum absolute atomic E-state index is 0.0429. The van der Waals surface area contributed by atoms with E-state index in [2.05, 4.69) is 5.10 Å². The van der Waals surface area contributed by atoms with E-state index in [1.165, 1.54) is 26.4 Å².